The molecule has 3 nitrogen and oxygen atoms in total. The van der Waals surface area contributed by atoms with E-state index in [-0.39, 0.29) is 0 Å². The lowest BCUT2D eigenvalue weighted by molar-refractivity contribution is -0.130. The Kier molecular flexibility index (Phi) is 4.64. The molecule has 0 saturated carbocycles. The summed E-state index contributed by atoms with van der Waals surface area (Å²) in [7, 11) is 0. The summed E-state index contributed by atoms with van der Waals surface area (Å²) in [6, 6.07) is 0. The van der Waals surface area contributed by atoms with E-state index < -0.39 is 0 Å². The maximum atomic E-state index is 11.8. The SMILES string of the molecule is O=C(CCCC1CC[N]CC1)N1CCCC1. The van der Waals surface area contributed by atoms with Crippen LogP contribution in [0.25, 0.3) is 0 Å². The van der Waals surface area contributed by atoms with Gasteiger partial charge in [0.15, 0.2) is 0 Å². The van der Waals surface area contributed by atoms with Crippen molar-refractivity contribution < 1.29 is 4.79 Å². The van der Waals surface area contributed by atoms with Crippen LogP contribution in [0.1, 0.15) is 44.9 Å². The first-order valence-electron chi connectivity index (χ1n) is 6.77. The molecule has 0 aromatic rings. The van der Waals surface area contributed by atoms with Gasteiger partial charge in [-0.15, -0.1) is 0 Å². The Bertz CT molecular complexity index is 218. The smallest absolute Gasteiger partial charge is 0.222 e. The van der Waals surface area contributed by atoms with E-state index in [4.69, 9.17) is 0 Å². The Morgan fingerprint density at radius 1 is 1.19 bits per heavy atom. The molecule has 2 aliphatic heterocycles. The molecule has 0 atom stereocenters. The van der Waals surface area contributed by atoms with Gasteiger partial charge in [-0.3, -0.25) is 4.79 Å². The van der Waals surface area contributed by atoms with Gasteiger partial charge >= 0.3 is 0 Å². The van der Waals surface area contributed by atoms with Gasteiger partial charge in [-0.25, -0.2) is 5.32 Å². The van der Waals surface area contributed by atoms with E-state index in [1.54, 1.807) is 0 Å². The Morgan fingerprint density at radius 3 is 2.56 bits per heavy atom. The van der Waals surface area contributed by atoms with E-state index >= 15 is 0 Å². The summed E-state index contributed by atoms with van der Waals surface area (Å²) in [4.78, 5) is 13.8. The minimum Gasteiger partial charge on any atom is -0.343 e. The third kappa shape index (κ3) is 3.48. The third-order valence-corrected chi connectivity index (χ3v) is 3.85. The molecule has 1 amide bonds. The van der Waals surface area contributed by atoms with Crippen molar-refractivity contribution in [3.8, 4) is 0 Å². The molecule has 2 rings (SSSR count). The van der Waals surface area contributed by atoms with Gasteiger partial charge in [0.05, 0.1) is 0 Å². The van der Waals surface area contributed by atoms with Crippen LogP contribution in [-0.4, -0.2) is 37.0 Å². The Hall–Kier alpha value is -0.570. The van der Waals surface area contributed by atoms with Gasteiger partial charge in [0.2, 0.25) is 5.91 Å². The minimum absolute atomic E-state index is 0.387. The van der Waals surface area contributed by atoms with Crippen LogP contribution in [0, 0.1) is 5.92 Å². The van der Waals surface area contributed by atoms with Crippen molar-refractivity contribution in [3.05, 3.63) is 0 Å². The first kappa shape index (κ1) is 11.9. The van der Waals surface area contributed by atoms with Gasteiger partial charge in [-0.05, 0) is 44.4 Å². The van der Waals surface area contributed by atoms with Gasteiger partial charge < -0.3 is 4.90 Å². The average molecular weight is 223 g/mol. The number of piperidine rings is 1. The fourth-order valence-corrected chi connectivity index (χ4v) is 2.76. The van der Waals surface area contributed by atoms with Crippen LogP contribution < -0.4 is 5.32 Å². The molecule has 0 N–H and O–H groups in total. The lowest BCUT2D eigenvalue weighted by Crippen LogP contribution is -2.27. The van der Waals surface area contributed by atoms with Crippen LogP contribution in [0.15, 0.2) is 0 Å². The predicted octanol–water partition coefficient (Wildman–Crippen LogP) is 1.79. The summed E-state index contributed by atoms with van der Waals surface area (Å²) in [6.07, 6.45) is 7.99. The van der Waals surface area contributed by atoms with Crippen molar-refractivity contribution in [2.75, 3.05) is 26.2 Å². The zero-order valence-electron chi connectivity index (χ0n) is 10.2. The highest BCUT2D eigenvalue weighted by Gasteiger charge is 2.18. The molecule has 3 heteroatoms. The molecule has 0 spiro atoms. The largest absolute Gasteiger partial charge is 0.343 e. The summed E-state index contributed by atoms with van der Waals surface area (Å²) < 4.78 is 0. The van der Waals surface area contributed by atoms with Crippen LogP contribution in [0.2, 0.25) is 0 Å². The van der Waals surface area contributed by atoms with Gasteiger partial charge in [-0.2, -0.15) is 0 Å². The average Bonchev–Trinajstić information content (AvgIpc) is 2.84. The van der Waals surface area contributed by atoms with Crippen molar-refractivity contribution in [1.82, 2.24) is 10.2 Å². The quantitative estimate of drug-likeness (QED) is 0.715. The lowest BCUT2D eigenvalue weighted by atomic mass is 9.92. The molecule has 16 heavy (non-hydrogen) atoms. The number of likely N-dealkylation sites (tertiary alicyclic amines) is 1. The maximum absolute atomic E-state index is 11.8. The van der Waals surface area contributed by atoms with Crippen molar-refractivity contribution in [3.63, 3.8) is 0 Å². The van der Waals surface area contributed by atoms with E-state index in [9.17, 15) is 4.79 Å². The van der Waals surface area contributed by atoms with Gasteiger partial charge in [0, 0.05) is 32.6 Å². The molecule has 91 valence electrons. The number of nitrogens with zero attached hydrogens (tertiary/aromatic N) is 2. The molecule has 2 fully saturated rings. The van der Waals surface area contributed by atoms with E-state index in [1.807, 2.05) is 4.90 Å². The first-order chi connectivity index (χ1) is 7.86. The number of amides is 1. The fraction of sp³-hybridized carbons (Fsp3) is 0.923. The van der Waals surface area contributed by atoms with Crippen molar-refractivity contribution >= 4 is 5.91 Å². The zero-order chi connectivity index (χ0) is 11.2. The van der Waals surface area contributed by atoms with Crippen LogP contribution in [0.4, 0.5) is 0 Å². The number of carbonyl (C=O) groups excluding carboxylic acids is 1. The van der Waals surface area contributed by atoms with Crippen LogP contribution in [-0.2, 0) is 4.79 Å². The molecule has 1 radical (unpaired) electrons. The highest BCUT2D eigenvalue weighted by molar-refractivity contribution is 5.76. The fourth-order valence-electron chi connectivity index (χ4n) is 2.76. The van der Waals surface area contributed by atoms with E-state index in [1.165, 1.54) is 32.1 Å². The highest BCUT2D eigenvalue weighted by atomic mass is 16.2. The summed E-state index contributed by atoms with van der Waals surface area (Å²) >= 11 is 0. The monoisotopic (exact) mass is 223 g/mol. The second-order valence-electron chi connectivity index (χ2n) is 5.09. The number of hydrogen-bond acceptors (Lipinski definition) is 1. The standard InChI is InChI=1S/C13H23N2O/c16-13(15-10-1-2-11-15)5-3-4-12-6-8-14-9-7-12/h12H,1-11H2. The number of rotatable bonds is 4. The second kappa shape index (κ2) is 6.24. The molecule has 0 bridgehead atoms. The molecule has 0 unspecified atom stereocenters. The van der Waals surface area contributed by atoms with Gasteiger partial charge in [0.25, 0.3) is 0 Å². The highest BCUT2D eigenvalue weighted by Crippen LogP contribution is 2.20. The normalized spacial score (nSPS) is 22.6. The first-order valence-corrected chi connectivity index (χ1v) is 6.77. The van der Waals surface area contributed by atoms with Crippen molar-refractivity contribution in [1.29, 1.82) is 0 Å². The summed E-state index contributed by atoms with van der Waals surface area (Å²) in [5.41, 5.74) is 0. The van der Waals surface area contributed by atoms with Crippen LogP contribution in [0.5, 0.6) is 0 Å². The van der Waals surface area contributed by atoms with E-state index in [2.05, 4.69) is 5.32 Å². The molecule has 2 heterocycles. The van der Waals surface area contributed by atoms with Crippen molar-refractivity contribution in [2.45, 2.75) is 44.9 Å². The molecule has 0 aromatic carbocycles. The lowest BCUT2D eigenvalue weighted by Gasteiger charge is -2.21. The summed E-state index contributed by atoms with van der Waals surface area (Å²) in [5, 5.41) is 4.36. The molecule has 0 aromatic heterocycles. The number of hydrogen-bond donors (Lipinski definition) is 0. The third-order valence-electron chi connectivity index (χ3n) is 3.85. The molecular formula is C13H23N2O. The maximum Gasteiger partial charge on any atom is 0.222 e. The topological polar surface area (TPSA) is 34.4 Å². The second-order valence-corrected chi connectivity index (χ2v) is 5.09. The molecule has 2 saturated heterocycles. The summed E-state index contributed by atoms with van der Waals surface area (Å²) in [5.74, 6) is 1.22. The summed E-state index contributed by atoms with van der Waals surface area (Å²) in [6.45, 7) is 4.10. The van der Waals surface area contributed by atoms with Gasteiger partial charge in [-0.1, -0.05) is 0 Å². The number of carbonyl (C=O) groups is 1. The molecular weight excluding hydrogens is 200 g/mol. The zero-order valence-corrected chi connectivity index (χ0v) is 10.2. The Labute approximate surface area is 98.6 Å². The van der Waals surface area contributed by atoms with E-state index in [0.717, 1.165) is 44.9 Å². The Morgan fingerprint density at radius 2 is 1.88 bits per heavy atom. The molecule has 2 aliphatic rings. The van der Waals surface area contributed by atoms with Crippen molar-refractivity contribution in [2.24, 2.45) is 5.92 Å². The molecule has 0 aliphatic carbocycles. The minimum atomic E-state index is 0.387. The van der Waals surface area contributed by atoms with Crippen LogP contribution >= 0.6 is 0 Å². The van der Waals surface area contributed by atoms with Crippen LogP contribution in [0.3, 0.4) is 0 Å². The van der Waals surface area contributed by atoms with E-state index in [0.29, 0.717) is 5.91 Å². The predicted molar refractivity (Wildman–Crippen MR) is 64.3 cm³/mol. The Balaban J connectivity index is 1.57. The van der Waals surface area contributed by atoms with Gasteiger partial charge in [0.1, 0.15) is 0 Å².